The Morgan fingerprint density at radius 3 is 2.37 bits per heavy atom. The van der Waals surface area contributed by atoms with E-state index in [9.17, 15) is 18.0 Å². The van der Waals surface area contributed by atoms with Crippen molar-refractivity contribution >= 4 is 22.5 Å². The number of fused-ring (bicyclic) bond motifs is 1. The number of hydrogen-bond acceptors (Lipinski definition) is 2. The van der Waals surface area contributed by atoms with Gasteiger partial charge in [0.05, 0.1) is 5.56 Å². The monoisotopic (exact) mass is 412 g/mol. The number of carbonyl (C=O) groups is 1. The van der Waals surface area contributed by atoms with E-state index in [4.69, 9.17) is 0 Å². The lowest BCUT2D eigenvalue weighted by Crippen LogP contribution is -2.16. The molecule has 0 aliphatic heterocycles. The summed E-state index contributed by atoms with van der Waals surface area (Å²) in [5.74, 6) is -0.268. The molecule has 1 amide bonds. The first-order chi connectivity index (χ1) is 14.1. The number of amides is 1. The molecule has 0 radical (unpaired) electrons. The average molecular weight is 412 g/mol. The van der Waals surface area contributed by atoms with Gasteiger partial charge in [0.1, 0.15) is 5.69 Å². The van der Waals surface area contributed by atoms with Gasteiger partial charge in [-0.1, -0.05) is 18.2 Å². The Kier molecular flexibility index (Phi) is 4.64. The molecule has 5 nitrogen and oxygen atoms in total. The lowest BCUT2D eigenvalue weighted by Gasteiger charge is -2.11. The first kappa shape index (κ1) is 19.8. The minimum absolute atomic E-state index is 0.172. The first-order valence-electron chi connectivity index (χ1n) is 9.22. The molecule has 1 N–H and O–H groups in total. The smallest absolute Gasteiger partial charge is 0.350 e. The predicted molar refractivity (Wildman–Crippen MR) is 109 cm³/mol. The van der Waals surface area contributed by atoms with Gasteiger partial charge in [-0.3, -0.25) is 9.48 Å². The maximum atomic E-state index is 13.2. The zero-order valence-electron chi connectivity index (χ0n) is 16.6. The molecule has 0 spiro atoms. The fraction of sp³-hybridized carbons (Fsp3) is 0.182. The van der Waals surface area contributed by atoms with Gasteiger partial charge < -0.3 is 9.88 Å². The molecule has 0 atom stereocenters. The van der Waals surface area contributed by atoms with E-state index in [1.807, 2.05) is 19.1 Å². The van der Waals surface area contributed by atoms with Gasteiger partial charge >= 0.3 is 6.18 Å². The third-order valence-electron chi connectivity index (χ3n) is 5.16. The number of hydrogen-bond donors (Lipinski definition) is 1. The van der Waals surface area contributed by atoms with Gasteiger partial charge in [-0.25, -0.2) is 0 Å². The second kappa shape index (κ2) is 7.05. The Labute approximate surface area is 170 Å². The largest absolute Gasteiger partial charge is 0.418 e. The number of benzene rings is 2. The molecule has 0 saturated heterocycles. The molecule has 2 aromatic heterocycles. The third kappa shape index (κ3) is 3.45. The molecule has 0 saturated carbocycles. The summed E-state index contributed by atoms with van der Waals surface area (Å²) in [4.78, 5) is 12.4. The van der Waals surface area contributed by atoms with Crippen LogP contribution in [0, 0.1) is 6.92 Å². The van der Waals surface area contributed by atoms with Crippen molar-refractivity contribution in [1.82, 2.24) is 14.3 Å². The zero-order chi connectivity index (χ0) is 21.6. The summed E-state index contributed by atoms with van der Waals surface area (Å²) in [5.41, 5.74) is 3.44. The van der Waals surface area contributed by atoms with Crippen LogP contribution in [-0.2, 0) is 20.3 Å². The standard InChI is InChI=1S/C22H19F3N4O/c1-13-10-14(5-7-18(13)27-21(30)19-8-9-26-29(19)3)15-4-6-16-17(22(23,24)25)12-28(2)20(16)11-15/h4-12H,1-3H3,(H,27,30). The van der Waals surface area contributed by atoms with E-state index in [0.717, 1.165) is 22.9 Å². The molecule has 0 bridgehead atoms. The van der Waals surface area contributed by atoms with Crippen LogP contribution in [0.15, 0.2) is 54.9 Å². The zero-order valence-corrected chi connectivity index (χ0v) is 16.6. The Hall–Kier alpha value is -3.55. The lowest BCUT2D eigenvalue weighted by molar-refractivity contribution is -0.136. The minimum atomic E-state index is -4.40. The molecular formula is C22H19F3N4O. The molecule has 0 unspecified atom stereocenters. The van der Waals surface area contributed by atoms with Gasteiger partial charge in [0, 0.05) is 43.1 Å². The summed E-state index contributed by atoms with van der Waals surface area (Å²) in [6, 6.07) is 12.1. The number of aryl methyl sites for hydroxylation is 3. The van der Waals surface area contributed by atoms with Crippen LogP contribution < -0.4 is 5.32 Å². The number of anilines is 1. The second-order valence-electron chi connectivity index (χ2n) is 7.21. The predicted octanol–water partition coefficient (Wildman–Crippen LogP) is 5.16. The van der Waals surface area contributed by atoms with Crippen LogP contribution in [0.4, 0.5) is 18.9 Å². The van der Waals surface area contributed by atoms with Crippen molar-refractivity contribution in [2.24, 2.45) is 14.1 Å². The van der Waals surface area contributed by atoms with E-state index in [-0.39, 0.29) is 11.3 Å². The lowest BCUT2D eigenvalue weighted by atomic mass is 10.0. The van der Waals surface area contributed by atoms with E-state index in [1.54, 1.807) is 44.6 Å². The highest BCUT2D eigenvalue weighted by Gasteiger charge is 2.34. The highest BCUT2D eigenvalue weighted by Crippen LogP contribution is 2.37. The highest BCUT2D eigenvalue weighted by molar-refractivity contribution is 6.03. The molecule has 2 aromatic carbocycles. The molecule has 30 heavy (non-hydrogen) atoms. The van der Waals surface area contributed by atoms with Crippen LogP contribution in [0.1, 0.15) is 21.6 Å². The van der Waals surface area contributed by atoms with Crippen LogP contribution in [0.3, 0.4) is 0 Å². The molecular weight excluding hydrogens is 393 g/mol. The summed E-state index contributed by atoms with van der Waals surface area (Å²) < 4.78 is 42.7. The number of carbonyl (C=O) groups excluding carboxylic acids is 1. The van der Waals surface area contributed by atoms with Crippen molar-refractivity contribution in [3.05, 3.63) is 71.7 Å². The van der Waals surface area contributed by atoms with Crippen LogP contribution >= 0.6 is 0 Å². The van der Waals surface area contributed by atoms with Crippen molar-refractivity contribution in [1.29, 1.82) is 0 Å². The summed E-state index contributed by atoms with van der Waals surface area (Å²) in [7, 11) is 3.29. The molecule has 4 aromatic rings. The van der Waals surface area contributed by atoms with Crippen molar-refractivity contribution in [3.8, 4) is 11.1 Å². The third-order valence-corrected chi connectivity index (χ3v) is 5.16. The maximum absolute atomic E-state index is 13.2. The topological polar surface area (TPSA) is 51.9 Å². The van der Waals surface area contributed by atoms with Crippen LogP contribution in [0.25, 0.3) is 22.0 Å². The van der Waals surface area contributed by atoms with Crippen molar-refractivity contribution in [2.45, 2.75) is 13.1 Å². The summed E-state index contributed by atoms with van der Waals surface area (Å²) in [6.45, 7) is 1.87. The van der Waals surface area contributed by atoms with Gasteiger partial charge in [0.15, 0.2) is 0 Å². The first-order valence-corrected chi connectivity index (χ1v) is 9.22. The van der Waals surface area contributed by atoms with E-state index < -0.39 is 11.7 Å². The van der Waals surface area contributed by atoms with Gasteiger partial charge in [0.25, 0.3) is 5.91 Å². The molecule has 4 rings (SSSR count). The second-order valence-corrected chi connectivity index (χ2v) is 7.21. The number of alkyl halides is 3. The van der Waals surface area contributed by atoms with E-state index >= 15 is 0 Å². The highest BCUT2D eigenvalue weighted by atomic mass is 19.4. The van der Waals surface area contributed by atoms with Gasteiger partial charge in [-0.05, 0) is 47.9 Å². The molecule has 0 fully saturated rings. The Balaban J connectivity index is 1.66. The number of halogens is 3. The molecule has 154 valence electrons. The Morgan fingerprint density at radius 2 is 1.73 bits per heavy atom. The van der Waals surface area contributed by atoms with Gasteiger partial charge in [-0.2, -0.15) is 18.3 Å². The summed E-state index contributed by atoms with van der Waals surface area (Å²) >= 11 is 0. The summed E-state index contributed by atoms with van der Waals surface area (Å²) in [5, 5.41) is 7.02. The Morgan fingerprint density at radius 1 is 1.03 bits per heavy atom. The number of nitrogens with zero attached hydrogens (tertiary/aromatic N) is 3. The number of rotatable bonds is 3. The van der Waals surface area contributed by atoms with Crippen molar-refractivity contribution in [3.63, 3.8) is 0 Å². The summed E-state index contributed by atoms with van der Waals surface area (Å²) in [6.07, 6.45) is -1.74. The van der Waals surface area contributed by atoms with Crippen molar-refractivity contribution in [2.75, 3.05) is 5.32 Å². The molecule has 0 aliphatic rings. The van der Waals surface area contributed by atoms with Crippen molar-refractivity contribution < 1.29 is 18.0 Å². The quantitative estimate of drug-likeness (QED) is 0.505. The number of nitrogens with one attached hydrogen (secondary N) is 1. The Bertz CT molecular complexity index is 1270. The fourth-order valence-corrected chi connectivity index (χ4v) is 3.56. The maximum Gasteiger partial charge on any atom is 0.418 e. The van der Waals surface area contributed by atoms with E-state index in [2.05, 4.69) is 10.4 Å². The van der Waals surface area contributed by atoms with E-state index in [1.165, 1.54) is 15.3 Å². The average Bonchev–Trinajstić information content (AvgIpc) is 3.26. The van der Waals surface area contributed by atoms with Gasteiger partial charge in [-0.15, -0.1) is 0 Å². The molecule has 2 heterocycles. The van der Waals surface area contributed by atoms with Gasteiger partial charge in [0.2, 0.25) is 0 Å². The minimum Gasteiger partial charge on any atom is -0.350 e. The fourth-order valence-electron chi connectivity index (χ4n) is 3.56. The molecule has 0 aliphatic carbocycles. The van der Waals surface area contributed by atoms with Crippen LogP contribution in [-0.4, -0.2) is 20.3 Å². The molecule has 8 heteroatoms. The van der Waals surface area contributed by atoms with E-state index in [0.29, 0.717) is 16.9 Å². The normalized spacial score (nSPS) is 11.8. The SMILES string of the molecule is Cc1cc(-c2ccc3c(C(F)(F)F)cn(C)c3c2)ccc1NC(=O)c1ccnn1C. The van der Waals surface area contributed by atoms with Crippen LogP contribution in [0.2, 0.25) is 0 Å². The van der Waals surface area contributed by atoms with Crippen LogP contribution in [0.5, 0.6) is 0 Å². The number of aromatic nitrogens is 3.